The molecule has 2 rings (SSSR count). The van der Waals surface area contributed by atoms with Crippen LogP contribution in [0.15, 0.2) is 36.4 Å². The molecule has 0 fully saturated rings. The Kier molecular flexibility index (Phi) is 5.38. The van der Waals surface area contributed by atoms with Crippen LogP contribution in [0.5, 0.6) is 0 Å². The van der Waals surface area contributed by atoms with Gasteiger partial charge < -0.3 is 5.32 Å². The third kappa shape index (κ3) is 3.84. The molecule has 1 atom stereocenters. The Morgan fingerprint density at radius 2 is 1.95 bits per heavy atom. The third-order valence-electron chi connectivity index (χ3n) is 3.86. The van der Waals surface area contributed by atoms with E-state index in [1.54, 1.807) is 6.07 Å². The fourth-order valence-electron chi connectivity index (χ4n) is 2.65. The van der Waals surface area contributed by atoms with Crippen molar-refractivity contribution in [1.29, 1.82) is 0 Å². The van der Waals surface area contributed by atoms with Crippen molar-refractivity contribution in [2.45, 2.75) is 33.2 Å². The molecule has 1 nitrogen and oxygen atoms in total. The second kappa shape index (κ2) is 7.06. The maximum atomic E-state index is 13.2. The van der Waals surface area contributed by atoms with Crippen LogP contribution in [0, 0.1) is 19.7 Å². The van der Waals surface area contributed by atoms with Crippen LogP contribution in [-0.4, -0.2) is 6.54 Å². The molecule has 0 bridgehead atoms. The Bertz CT molecular complexity index is 625. The molecule has 21 heavy (non-hydrogen) atoms. The van der Waals surface area contributed by atoms with Gasteiger partial charge in [-0.05, 0) is 67.3 Å². The summed E-state index contributed by atoms with van der Waals surface area (Å²) in [6.07, 6.45) is 0.821. The lowest BCUT2D eigenvalue weighted by Gasteiger charge is -2.22. The number of rotatable bonds is 5. The maximum Gasteiger partial charge on any atom is 0.123 e. The van der Waals surface area contributed by atoms with Crippen LogP contribution >= 0.6 is 11.6 Å². The number of hydrogen-bond acceptors (Lipinski definition) is 1. The van der Waals surface area contributed by atoms with E-state index in [1.807, 2.05) is 32.0 Å². The largest absolute Gasteiger partial charge is 0.310 e. The van der Waals surface area contributed by atoms with Gasteiger partial charge in [-0.25, -0.2) is 4.39 Å². The molecule has 0 heterocycles. The second-order valence-corrected chi connectivity index (χ2v) is 5.75. The van der Waals surface area contributed by atoms with Crippen molar-refractivity contribution < 1.29 is 4.39 Å². The quantitative estimate of drug-likeness (QED) is 0.820. The van der Waals surface area contributed by atoms with Gasteiger partial charge in [0.2, 0.25) is 0 Å². The van der Waals surface area contributed by atoms with Gasteiger partial charge in [0.25, 0.3) is 0 Å². The first-order valence-electron chi connectivity index (χ1n) is 7.26. The van der Waals surface area contributed by atoms with Gasteiger partial charge >= 0.3 is 0 Å². The molecule has 1 unspecified atom stereocenters. The molecule has 112 valence electrons. The molecule has 0 saturated carbocycles. The lowest BCUT2D eigenvalue weighted by molar-refractivity contribution is 0.545. The van der Waals surface area contributed by atoms with E-state index in [1.165, 1.54) is 11.6 Å². The van der Waals surface area contributed by atoms with Crippen molar-refractivity contribution in [2.24, 2.45) is 0 Å². The lowest BCUT2D eigenvalue weighted by Crippen LogP contribution is -2.24. The normalized spacial score (nSPS) is 12.4. The number of hydrogen-bond donors (Lipinski definition) is 1. The fraction of sp³-hybridized carbons (Fsp3) is 0.333. The average molecular weight is 306 g/mol. The highest BCUT2D eigenvalue weighted by Crippen LogP contribution is 2.27. The van der Waals surface area contributed by atoms with E-state index in [-0.39, 0.29) is 11.9 Å². The zero-order valence-corrected chi connectivity index (χ0v) is 13.5. The molecule has 0 aromatic heterocycles. The zero-order chi connectivity index (χ0) is 15.4. The van der Waals surface area contributed by atoms with Crippen molar-refractivity contribution in [3.8, 4) is 0 Å². The fourth-order valence-corrected chi connectivity index (χ4v) is 2.83. The monoisotopic (exact) mass is 305 g/mol. The third-order valence-corrected chi connectivity index (χ3v) is 4.27. The molecule has 2 aromatic carbocycles. The van der Waals surface area contributed by atoms with Crippen LogP contribution in [0.1, 0.15) is 35.2 Å². The number of aryl methyl sites for hydroxylation is 1. The van der Waals surface area contributed by atoms with Gasteiger partial charge in [0.1, 0.15) is 5.82 Å². The van der Waals surface area contributed by atoms with E-state index < -0.39 is 0 Å². The maximum absolute atomic E-state index is 13.2. The van der Waals surface area contributed by atoms with Gasteiger partial charge in [0.05, 0.1) is 0 Å². The van der Waals surface area contributed by atoms with Gasteiger partial charge in [0, 0.05) is 11.1 Å². The number of benzene rings is 2. The van der Waals surface area contributed by atoms with Gasteiger partial charge in [-0.15, -0.1) is 0 Å². The van der Waals surface area contributed by atoms with Gasteiger partial charge in [0.15, 0.2) is 0 Å². The Hall–Kier alpha value is -1.38. The van der Waals surface area contributed by atoms with Crippen LogP contribution in [0.25, 0.3) is 0 Å². The van der Waals surface area contributed by atoms with Gasteiger partial charge in [-0.1, -0.05) is 36.7 Å². The van der Waals surface area contributed by atoms with Crippen LogP contribution in [0.2, 0.25) is 5.02 Å². The summed E-state index contributed by atoms with van der Waals surface area (Å²) in [7, 11) is 0. The number of nitrogens with one attached hydrogen (secondary N) is 1. The summed E-state index contributed by atoms with van der Waals surface area (Å²) in [5.74, 6) is -0.185. The first-order valence-corrected chi connectivity index (χ1v) is 7.64. The van der Waals surface area contributed by atoms with Crippen LogP contribution in [0.3, 0.4) is 0 Å². The predicted molar refractivity (Wildman–Crippen MR) is 87.4 cm³/mol. The minimum atomic E-state index is -0.185. The molecule has 0 saturated heterocycles. The summed E-state index contributed by atoms with van der Waals surface area (Å²) >= 11 is 6.24. The summed E-state index contributed by atoms with van der Waals surface area (Å²) in [6.45, 7) is 6.95. The van der Waals surface area contributed by atoms with Crippen LogP contribution in [0.4, 0.5) is 4.39 Å². The minimum Gasteiger partial charge on any atom is -0.310 e. The topological polar surface area (TPSA) is 12.0 Å². The average Bonchev–Trinajstić information content (AvgIpc) is 2.44. The molecule has 0 aliphatic heterocycles. The molecule has 0 amide bonds. The van der Waals surface area contributed by atoms with E-state index >= 15 is 0 Å². The first-order chi connectivity index (χ1) is 10.0. The number of likely N-dealkylation sites (N-methyl/N-ethyl adjacent to an activating group) is 1. The lowest BCUT2D eigenvalue weighted by atomic mass is 9.93. The van der Waals surface area contributed by atoms with E-state index in [0.717, 1.165) is 34.7 Å². The van der Waals surface area contributed by atoms with Crippen molar-refractivity contribution in [3.63, 3.8) is 0 Å². The molecule has 0 radical (unpaired) electrons. The molecule has 1 N–H and O–H groups in total. The molecule has 0 spiro atoms. The van der Waals surface area contributed by atoms with Crippen LogP contribution < -0.4 is 5.32 Å². The number of halogens is 2. The summed E-state index contributed by atoms with van der Waals surface area (Å²) in [4.78, 5) is 0. The summed E-state index contributed by atoms with van der Waals surface area (Å²) in [5.41, 5.74) is 4.44. The van der Waals surface area contributed by atoms with Gasteiger partial charge in [-0.2, -0.15) is 0 Å². The van der Waals surface area contributed by atoms with E-state index in [9.17, 15) is 4.39 Å². The van der Waals surface area contributed by atoms with E-state index in [2.05, 4.69) is 18.3 Å². The van der Waals surface area contributed by atoms with E-state index in [4.69, 9.17) is 11.6 Å². The Balaban J connectivity index is 2.33. The molecular weight excluding hydrogens is 285 g/mol. The summed E-state index contributed by atoms with van der Waals surface area (Å²) < 4.78 is 13.2. The Labute approximate surface area is 131 Å². The second-order valence-electron chi connectivity index (χ2n) is 5.34. The highest BCUT2D eigenvalue weighted by Gasteiger charge is 2.16. The standard InChI is InChI=1S/C18H21ClFN/c1-4-21-18(16-6-5-7-17(19)13(16)3)11-14-8-9-15(20)10-12(14)2/h5-10,18,21H,4,11H2,1-3H3. The molecule has 0 aliphatic rings. The van der Waals surface area contributed by atoms with Crippen molar-refractivity contribution >= 4 is 11.6 Å². The predicted octanol–water partition coefficient (Wildman–Crippen LogP) is 4.99. The molecular formula is C18H21ClFN. The van der Waals surface area contributed by atoms with E-state index in [0.29, 0.717) is 0 Å². The summed E-state index contributed by atoms with van der Waals surface area (Å²) in [6, 6.07) is 11.2. The Morgan fingerprint density at radius 3 is 2.62 bits per heavy atom. The van der Waals surface area contributed by atoms with Gasteiger partial charge in [-0.3, -0.25) is 0 Å². The SMILES string of the molecule is CCNC(Cc1ccc(F)cc1C)c1cccc(Cl)c1C. The summed E-state index contributed by atoms with van der Waals surface area (Å²) in [5, 5.41) is 4.29. The molecule has 2 aromatic rings. The zero-order valence-electron chi connectivity index (χ0n) is 12.7. The Morgan fingerprint density at radius 1 is 1.19 bits per heavy atom. The van der Waals surface area contributed by atoms with Crippen molar-refractivity contribution in [2.75, 3.05) is 6.54 Å². The van der Waals surface area contributed by atoms with Crippen molar-refractivity contribution in [1.82, 2.24) is 5.32 Å². The molecule has 3 heteroatoms. The highest BCUT2D eigenvalue weighted by atomic mass is 35.5. The smallest absolute Gasteiger partial charge is 0.123 e. The first kappa shape index (κ1) is 16.0. The van der Waals surface area contributed by atoms with Crippen molar-refractivity contribution in [3.05, 3.63) is 69.5 Å². The highest BCUT2D eigenvalue weighted by molar-refractivity contribution is 6.31. The molecule has 0 aliphatic carbocycles. The minimum absolute atomic E-state index is 0.179. The van der Waals surface area contributed by atoms with Crippen LogP contribution in [-0.2, 0) is 6.42 Å².